The number of likely N-dealkylation sites (tertiary alicyclic amines) is 2. The Bertz CT molecular complexity index is 994. The highest BCUT2D eigenvalue weighted by molar-refractivity contribution is 6.10. The van der Waals surface area contributed by atoms with Crippen molar-refractivity contribution in [2.75, 3.05) is 13.1 Å². The average Bonchev–Trinajstić information content (AvgIpc) is 3.49. The quantitative estimate of drug-likeness (QED) is 0.678. The Balaban J connectivity index is 1.40. The molecule has 2 bridgehead atoms. The molecule has 0 radical (unpaired) electrons. The first-order chi connectivity index (χ1) is 15.1. The zero-order chi connectivity index (χ0) is 21.4. The molecule has 3 aliphatic rings. The van der Waals surface area contributed by atoms with E-state index in [-0.39, 0.29) is 37.1 Å². The third-order valence-corrected chi connectivity index (χ3v) is 7.24. The lowest BCUT2D eigenvalue weighted by Crippen LogP contribution is -2.45. The Kier molecular flexibility index (Phi) is 5.08. The van der Waals surface area contributed by atoms with Crippen LogP contribution in [0.3, 0.4) is 0 Å². The van der Waals surface area contributed by atoms with Crippen LogP contribution in [0.2, 0.25) is 0 Å². The number of imide groups is 1. The third-order valence-electron chi connectivity index (χ3n) is 7.24. The number of hydrogen-bond acceptors (Lipinski definition) is 4. The Morgan fingerprint density at radius 3 is 2.55 bits per heavy atom. The molecule has 2 saturated heterocycles. The minimum absolute atomic E-state index is 0.00350. The van der Waals surface area contributed by atoms with Crippen molar-refractivity contribution in [2.45, 2.75) is 50.0 Å². The van der Waals surface area contributed by atoms with Crippen LogP contribution < -0.4 is 0 Å². The van der Waals surface area contributed by atoms with E-state index in [0.29, 0.717) is 18.4 Å². The fourth-order valence-electron chi connectivity index (χ4n) is 5.61. The molecule has 2 aromatic rings. The van der Waals surface area contributed by atoms with Gasteiger partial charge in [0.1, 0.15) is 0 Å². The number of carbonyl (C=O) groups is 3. The fourth-order valence-corrected chi connectivity index (χ4v) is 5.61. The van der Waals surface area contributed by atoms with Gasteiger partial charge in [-0.3, -0.25) is 24.3 Å². The zero-order valence-electron chi connectivity index (χ0n) is 17.6. The van der Waals surface area contributed by atoms with Gasteiger partial charge in [-0.2, -0.15) is 0 Å². The van der Waals surface area contributed by atoms with E-state index in [1.165, 1.54) is 11.3 Å². The second kappa shape index (κ2) is 7.91. The monoisotopic (exact) mass is 417 g/mol. The minimum Gasteiger partial charge on any atom is -0.339 e. The maximum absolute atomic E-state index is 13.7. The van der Waals surface area contributed by atoms with E-state index < -0.39 is 5.41 Å². The summed E-state index contributed by atoms with van der Waals surface area (Å²) in [6.45, 7) is 1.08. The molecule has 0 spiro atoms. The normalized spacial score (nSPS) is 27.4. The van der Waals surface area contributed by atoms with Crippen LogP contribution in [-0.4, -0.2) is 51.6 Å². The number of rotatable bonds is 6. The largest absolute Gasteiger partial charge is 0.339 e. The lowest BCUT2D eigenvalue weighted by atomic mass is 9.75. The van der Waals surface area contributed by atoms with Crippen molar-refractivity contribution >= 4 is 17.7 Å². The molecule has 6 nitrogen and oxygen atoms in total. The van der Waals surface area contributed by atoms with Gasteiger partial charge in [-0.25, -0.2) is 0 Å². The van der Waals surface area contributed by atoms with Crippen molar-refractivity contribution in [2.24, 2.45) is 5.92 Å². The van der Waals surface area contributed by atoms with Crippen LogP contribution in [0, 0.1) is 5.92 Å². The van der Waals surface area contributed by atoms with Crippen LogP contribution in [0.1, 0.15) is 43.4 Å². The zero-order valence-corrected chi connectivity index (χ0v) is 17.6. The van der Waals surface area contributed by atoms with Crippen molar-refractivity contribution in [1.29, 1.82) is 0 Å². The van der Waals surface area contributed by atoms with Crippen molar-refractivity contribution in [3.63, 3.8) is 0 Å². The maximum Gasteiger partial charge on any atom is 0.240 e. The van der Waals surface area contributed by atoms with E-state index in [2.05, 4.69) is 4.98 Å². The first-order valence-corrected chi connectivity index (χ1v) is 11.2. The van der Waals surface area contributed by atoms with Crippen LogP contribution in [0.25, 0.3) is 0 Å². The molecule has 1 saturated carbocycles. The molecule has 160 valence electrons. The lowest BCUT2D eigenvalue weighted by molar-refractivity contribution is -0.143. The number of piperidine rings is 1. The number of nitrogens with zero attached hydrogens (tertiary/aromatic N) is 3. The second-order valence-electron chi connectivity index (χ2n) is 9.10. The maximum atomic E-state index is 13.7. The molecule has 3 fully saturated rings. The summed E-state index contributed by atoms with van der Waals surface area (Å²) in [5.41, 5.74) is 0.484. The highest BCUT2D eigenvalue weighted by Gasteiger charge is 2.54. The lowest BCUT2D eigenvalue weighted by Gasteiger charge is -2.32. The van der Waals surface area contributed by atoms with Crippen LogP contribution in [0.4, 0.5) is 0 Å². The third kappa shape index (κ3) is 3.54. The molecule has 3 heterocycles. The Labute approximate surface area is 182 Å². The minimum atomic E-state index is -1.11. The highest BCUT2D eigenvalue weighted by Crippen LogP contribution is 2.43. The van der Waals surface area contributed by atoms with E-state index in [9.17, 15) is 14.4 Å². The Morgan fingerprint density at radius 1 is 1.06 bits per heavy atom. The van der Waals surface area contributed by atoms with Gasteiger partial charge in [0, 0.05) is 50.3 Å². The number of fused-ring (bicyclic) bond motifs is 2. The van der Waals surface area contributed by atoms with Crippen molar-refractivity contribution in [1.82, 2.24) is 14.8 Å². The number of amides is 3. The van der Waals surface area contributed by atoms with Gasteiger partial charge >= 0.3 is 0 Å². The summed E-state index contributed by atoms with van der Waals surface area (Å²) in [6, 6.07) is 15.3. The average molecular weight is 418 g/mol. The van der Waals surface area contributed by atoms with Gasteiger partial charge in [0.15, 0.2) is 0 Å². The molecule has 0 unspecified atom stereocenters. The molecule has 3 atom stereocenters. The predicted octanol–water partition coefficient (Wildman–Crippen LogP) is 2.72. The van der Waals surface area contributed by atoms with Gasteiger partial charge in [0.05, 0.1) is 5.41 Å². The van der Waals surface area contributed by atoms with Crippen LogP contribution >= 0.6 is 0 Å². The van der Waals surface area contributed by atoms with E-state index in [1.807, 2.05) is 53.4 Å². The van der Waals surface area contributed by atoms with Gasteiger partial charge in [-0.1, -0.05) is 36.4 Å². The van der Waals surface area contributed by atoms with Crippen LogP contribution in [-0.2, 0) is 26.2 Å². The summed E-state index contributed by atoms with van der Waals surface area (Å²) in [6.07, 6.45) is 5.64. The van der Waals surface area contributed by atoms with E-state index in [1.54, 1.807) is 6.20 Å². The van der Waals surface area contributed by atoms with Crippen molar-refractivity contribution in [3.8, 4) is 0 Å². The van der Waals surface area contributed by atoms with Gasteiger partial charge in [0.25, 0.3) is 0 Å². The standard InChI is InChI=1S/C25H27N3O3/c29-22-15-25(19-6-2-1-3-7-19,16-23(30)28-17-18-9-10-21(28)14-18)24(31)27(22)13-11-20-8-4-5-12-26-20/h1-8,12,18,21H,9-11,13-17H2/t18-,21-,25-/m0/s1. The summed E-state index contributed by atoms with van der Waals surface area (Å²) in [7, 11) is 0. The second-order valence-corrected chi connectivity index (χ2v) is 9.10. The smallest absolute Gasteiger partial charge is 0.240 e. The number of hydrogen-bond donors (Lipinski definition) is 0. The summed E-state index contributed by atoms with van der Waals surface area (Å²) in [5, 5.41) is 0. The number of aromatic nitrogens is 1. The predicted molar refractivity (Wildman–Crippen MR) is 115 cm³/mol. The molecule has 1 aromatic heterocycles. The van der Waals surface area contributed by atoms with Crippen molar-refractivity contribution in [3.05, 3.63) is 66.0 Å². The number of benzene rings is 1. The topological polar surface area (TPSA) is 70.6 Å². The molecular formula is C25H27N3O3. The molecule has 31 heavy (non-hydrogen) atoms. The van der Waals surface area contributed by atoms with E-state index in [4.69, 9.17) is 0 Å². The summed E-state index contributed by atoms with van der Waals surface area (Å²) in [5.74, 6) is 0.138. The molecule has 6 heteroatoms. The number of carbonyl (C=O) groups excluding carboxylic acids is 3. The molecule has 5 rings (SSSR count). The van der Waals surface area contributed by atoms with Gasteiger partial charge in [0.2, 0.25) is 17.7 Å². The molecular weight excluding hydrogens is 390 g/mol. The molecule has 3 amide bonds. The van der Waals surface area contributed by atoms with Gasteiger partial charge < -0.3 is 4.90 Å². The summed E-state index contributed by atoms with van der Waals surface area (Å²) in [4.78, 5) is 47.6. The molecule has 2 aliphatic heterocycles. The first kappa shape index (κ1) is 19.9. The highest BCUT2D eigenvalue weighted by atomic mass is 16.2. The molecule has 0 N–H and O–H groups in total. The number of pyridine rings is 1. The van der Waals surface area contributed by atoms with E-state index >= 15 is 0 Å². The van der Waals surface area contributed by atoms with Gasteiger partial charge in [-0.15, -0.1) is 0 Å². The van der Waals surface area contributed by atoms with E-state index in [0.717, 1.165) is 30.6 Å². The Hall–Kier alpha value is -3.02. The fraction of sp³-hybridized carbons (Fsp3) is 0.440. The molecule has 1 aromatic carbocycles. The first-order valence-electron chi connectivity index (χ1n) is 11.2. The van der Waals surface area contributed by atoms with Crippen molar-refractivity contribution < 1.29 is 14.4 Å². The molecule has 1 aliphatic carbocycles. The van der Waals surface area contributed by atoms with Crippen LogP contribution in [0.5, 0.6) is 0 Å². The van der Waals surface area contributed by atoms with Crippen LogP contribution in [0.15, 0.2) is 54.7 Å². The summed E-state index contributed by atoms with van der Waals surface area (Å²) < 4.78 is 0. The van der Waals surface area contributed by atoms with Gasteiger partial charge in [-0.05, 0) is 42.9 Å². The SMILES string of the molecule is O=C1C[C@](CC(=O)N2C[C@H]3CC[C@H]2C3)(c2ccccc2)C(=O)N1CCc1ccccn1. The summed E-state index contributed by atoms with van der Waals surface area (Å²) >= 11 is 0. The Morgan fingerprint density at radius 2 is 1.87 bits per heavy atom.